The van der Waals surface area contributed by atoms with E-state index in [2.05, 4.69) is 0 Å². The second-order valence-electron chi connectivity index (χ2n) is 3.62. The number of ether oxygens (including phenoxy) is 2. The monoisotopic (exact) mass is 341 g/mol. The minimum absolute atomic E-state index is 0. The molecule has 0 spiro atoms. The average molecular weight is 341 g/mol. The molecule has 0 saturated carbocycles. The van der Waals surface area contributed by atoms with Gasteiger partial charge in [0, 0.05) is 51.4 Å². The van der Waals surface area contributed by atoms with E-state index in [-0.39, 0.29) is 75.7 Å². The summed E-state index contributed by atoms with van der Waals surface area (Å²) < 4.78 is 40.6. The van der Waals surface area contributed by atoms with Gasteiger partial charge >= 0.3 is 11.9 Å². The predicted molar refractivity (Wildman–Crippen MR) is 73.9 cm³/mol. The largest absolute Gasteiger partial charge is 0.462 e. The number of carbonyl (C=O) groups is 2. The number of hydrogen-bond acceptors (Lipinski definition) is 6. The van der Waals surface area contributed by atoms with Crippen molar-refractivity contribution in [2.75, 3.05) is 13.2 Å². The SMILES string of the molecule is CCOC(=O)c1ccc(S(=O)(=O)O)cc1C(=O)OCC.[K]. The Kier molecular flexibility index (Phi) is 8.86. The first-order valence-corrected chi connectivity index (χ1v) is 7.21. The Bertz CT molecular complexity index is 624. The van der Waals surface area contributed by atoms with Crippen LogP contribution in [0.25, 0.3) is 0 Å². The molecule has 0 saturated heterocycles. The van der Waals surface area contributed by atoms with E-state index in [1.54, 1.807) is 13.8 Å². The summed E-state index contributed by atoms with van der Waals surface area (Å²) >= 11 is 0. The van der Waals surface area contributed by atoms with Gasteiger partial charge in [-0.3, -0.25) is 4.55 Å². The van der Waals surface area contributed by atoms with E-state index in [1.165, 1.54) is 0 Å². The van der Waals surface area contributed by atoms with Crippen LogP contribution in [0.1, 0.15) is 34.6 Å². The van der Waals surface area contributed by atoms with Crippen molar-refractivity contribution in [1.29, 1.82) is 0 Å². The van der Waals surface area contributed by atoms with Crippen molar-refractivity contribution in [2.24, 2.45) is 0 Å². The van der Waals surface area contributed by atoms with Crippen molar-refractivity contribution in [1.82, 2.24) is 0 Å². The summed E-state index contributed by atoms with van der Waals surface area (Å²) in [7, 11) is -4.49. The van der Waals surface area contributed by atoms with E-state index in [9.17, 15) is 18.0 Å². The van der Waals surface area contributed by atoms with Gasteiger partial charge < -0.3 is 9.47 Å². The van der Waals surface area contributed by atoms with Crippen LogP contribution in [-0.4, -0.2) is 89.5 Å². The Labute approximate surface area is 165 Å². The fraction of sp³-hybridized carbons (Fsp3) is 0.333. The number of carbonyl (C=O) groups excluding carboxylic acids is 2. The summed E-state index contributed by atoms with van der Waals surface area (Å²) in [6.07, 6.45) is 0. The number of benzene rings is 1. The van der Waals surface area contributed by atoms with Gasteiger partial charge in [-0.15, -0.1) is 0 Å². The standard InChI is InChI=1S/C12H14O7S.K/c1-3-18-11(13)9-6-5-8(20(15,16)17)7-10(9)12(14)19-4-2;/h5-7H,3-4H2,1-2H3,(H,15,16,17);. The second kappa shape index (κ2) is 8.98. The molecule has 1 rings (SSSR count). The summed E-state index contributed by atoms with van der Waals surface area (Å²) in [6, 6.07) is 2.97. The average Bonchev–Trinajstić information content (AvgIpc) is 2.37. The van der Waals surface area contributed by atoms with E-state index in [0.29, 0.717) is 0 Å². The van der Waals surface area contributed by atoms with Crippen molar-refractivity contribution in [3.05, 3.63) is 29.3 Å². The van der Waals surface area contributed by atoms with Crippen LogP contribution < -0.4 is 0 Å². The first kappa shape index (κ1) is 20.7. The van der Waals surface area contributed by atoms with Gasteiger partial charge in [0.15, 0.2) is 0 Å². The molecule has 0 unspecified atom stereocenters. The van der Waals surface area contributed by atoms with E-state index >= 15 is 0 Å². The Morgan fingerprint density at radius 2 is 1.52 bits per heavy atom. The maximum Gasteiger partial charge on any atom is 0.339 e. The molecule has 0 aliphatic carbocycles. The Morgan fingerprint density at radius 1 is 1.05 bits per heavy atom. The van der Waals surface area contributed by atoms with Crippen LogP contribution in [0.4, 0.5) is 0 Å². The molecule has 9 heteroatoms. The molecular formula is C12H14KO7S. The molecule has 0 aromatic heterocycles. The normalized spacial score (nSPS) is 10.4. The van der Waals surface area contributed by atoms with Crippen molar-refractivity contribution >= 4 is 73.4 Å². The zero-order chi connectivity index (χ0) is 15.3. The first-order chi connectivity index (χ1) is 9.31. The van der Waals surface area contributed by atoms with Crippen molar-refractivity contribution in [3.63, 3.8) is 0 Å². The minimum atomic E-state index is -4.49. The number of rotatable bonds is 5. The molecule has 1 aromatic rings. The molecule has 111 valence electrons. The summed E-state index contributed by atoms with van der Waals surface area (Å²) in [6.45, 7) is 3.31. The molecule has 1 radical (unpaired) electrons. The molecule has 0 heterocycles. The molecule has 1 aromatic carbocycles. The zero-order valence-corrected chi connectivity index (χ0v) is 15.9. The van der Waals surface area contributed by atoms with Crippen molar-refractivity contribution in [3.8, 4) is 0 Å². The molecule has 0 fully saturated rings. The second-order valence-corrected chi connectivity index (χ2v) is 5.04. The molecular weight excluding hydrogens is 327 g/mol. The molecule has 7 nitrogen and oxygen atoms in total. The summed E-state index contributed by atoms with van der Waals surface area (Å²) in [4.78, 5) is 22.9. The number of esters is 2. The third-order valence-corrected chi connectivity index (χ3v) is 3.13. The summed E-state index contributed by atoms with van der Waals surface area (Å²) in [5.74, 6) is -1.65. The summed E-state index contributed by atoms with van der Waals surface area (Å²) in [5.41, 5.74) is -0.405. The quantitative estimate of drug-likeness (QED) is 0.482. The van der Waals surface area contributed by atoms with Gasteiger partial charge in [0.2, 0.25) is 0 Å². The minimum Gasteiger partial charge on any atom is -0.462 e. The molecule has 0 atom stereocenters. The first-order valence-electron chi connectivity index (χ1n) is 5.77. The van der Waals surface area contributed by atoms with Crippen LogP contribution in [0, 0.1) is 0 Å². The van der Waals surface area contributed by atoms with E-state index in [0.717, 1.165) is 18.2 Å². The van der Waals surface area contributed by atoms with Gasteiger partial charge in [-0.1, -0.05) is 0 Å². The van der Waals surface area contributed by atoms with E-state index < -0.39 is 27.0 Å². The van der Waals surface area contributed by atoms with Crippen LogP contribution >= 0.6 is 0 Å². The molecule has 0 aliphatic rings. The summed E-state index contributed by atoms with van der Waals surface area (Å²) in [5, 5.41) is 0. The van der Waals surface area contributed by atoms with Gasteiger partial charge in [-0.25, -0.2) is 9.59 Å². The Hall–Kier alpha value is -0.294. The zero-order valence-electron chi connectivity index (χ0n) is 12.0. The Balaban J connectivity index is 0.00000400. The maximum atomic E-state index is 11.7. The van der Waals surface area contributed by atoms with Crippen LogP contribution in [0.5, 0.6) is 0 Å². The van der Waals surface area contributed by atoms with E-state index in [4.69, 9.17) is 14.0 Å². The molecule has 21 heavy (non-hydrogen) atoms. The van der Waals surface area contributed by atoms with E-state index in [1.807, 2.05) is 0 Å². The van der Waals surface area contributed by atoms with Crippen LogP contribution in [0.2, 0.25) is 0 Å². The van der Waals surface area contributed by atoms with Gasteiger partial charge in [-0.2, -0.15) is 8.42 Å². The fourth-order valence-electron chi connectivity index (χ4n) is 1.45. The van der Waals surface area contributed by atoms with Gasteiger partial charge in [0.05, 0.1) is 29.2 Å². The Morgan fingerprint density at radius 3 is 1.95 bits per heavy atom. The van der Waals surface area contributed by atoms with Crippen LogP contribution in [0.3, 0.4) is 0 Å². The van der Waals surface area contributed by atoms with Gasteiger partial charge in [0.1, 0.15) is 0 Å². The van der Waals surface area contributed by atoms with Crippen LogP contribution in [0.15, 0.2) is 23.1 Å². The molecule has 0 amide bonds. The predicted octanol–water partition coefficient (Wildman–Crippen LogP) is 0.906. The topological polar surface area (TPSA) is 107 Å². The van der Waals surface area contributed by atoms with Gasteiger partial charge in [0.25, 0.3) is 10.1 Å². The van der Waals surface area contributed by atoms with Gasteiger partial charge in [-0.05, 0) is 32.0 Å². The fourth-order valence-corrected chi connectivity index (χ4v) is 1.96. The van der Waals surface area contributed by atoms with Crippen LogP contribution in [-0.2, 0) is 19.6 Å². The molecule has 0 bridgehead atoms. The third-order valence-electron chi connectivity index (χ3n) is 2.28. The number of hydrogen-bond donors (Lipinski definition) is 1. The maximum absolute atomic E-state index is 11.7. The molecule has 1 N–H and O–H groups in total. The van der Waals surface area contributed by atoms with Crippen molar-refractivity contribution in [2.45, 2.75) is 18.7 Å². The third kappa shape index (κ3) is 5.78. The molecule has 0 aliphatic heterocycles. The van der Waals surface area contributed by atoms with Crippen molar-refractivity contribution < 1.29 is 32.0 Å². The smallest absolute Gasteiger partial charge is 0.339 e.